The number of aromatic nitrogens is 2. The lowest BCUT2D eigenvalue weighted by Crippen LogP contribution is -2.24. The number of hydrogen-bond acceptors (Lipinski definition) is 3. The molecule has 1 unspecified atom stereocenters. The molecule has 1 atom stereocenters. The summed E-state index contributed by atoms with van der Waals surface area (Å²) in [5, 5.41) is 0.545. The smallest absolute Gasteiger partial charge is 0.159 e. The van der Waals surface area contributed by atoms with E-state index in [-0.39, 0.29) is 11.5 Å². The Morgan fingerprint density at radius 2 is 1.81 bits per heavy atom. The molecule has 1 saturated carbocycles. The van der Waals surface area contributed by atoms with Gasteiger partial charge in [-0.2, -0.15) is 0 Å². The van der Waals surface area contributed by atoms with Crippen LogP contribution < -0.4 is 0 Å². The van der Waals surface area contributed by atoms with Gasteiger partial charge in [0, 0.05) is 12.5 Å². The maximum Gasteiger partial charge on any atom is 0.159 e. The summed E-state index contributed by atoms with van der Waals surface area (Å²) in [6, 6.07) is 0. The fourth-order valence-corrected chi connectivity index (χ4v) is 4.23. The Hall–Kier alpha value is 0.0600. The molecule has 0 bridgehead atoms. The van der Waals surface area contributed by atoms with Crippen LogP contribution in [0.2, 0.25) is 5.15 Å². The molecule has 1 aliphatic rings. The molecule has 0 saturated heterocycles. The first kappa shape index (κ1) is 17.4. The minimum atomic E-state index is -0.0529. The van der Waals surface area contributed by atoms with Crippen LogP contribution in [0.3, 0.4) is 0 Å². The molecule has 1 aromatic rings. The molecule has 1 aliphatic carbocycles. The van der Waals surface area contributed by atoms with Crippen LogP contribution in [0.4, 0.5) is 0 Å². The van der Waals surface area contributed by atoms with Gasteiger partial charge in [0.25, 0.3) is 0 Å². The molecule has 2 rings (SSSR count). The number of methoxy groups -OCH3 is 1. The van der Waals surface area contributed by atoms with E-state index < -0.39 is 0 Å². The zero-order valence-corrected chi connectivity index (χ0v) is 16.2. The molecule has 0 aromatic carbocycles. The zero-order valence-electron chi connectivity index (χ0n) is 13.2. The Morgan fingerprint density at radius 3 is 2.33 bits per heavy atom. The van der Waals surface area contributed by atoms with Crippen LogP contribution in [0.1, 0.15) is 70.5 Å². The summed E-state index contributed by atoms with van der Waals surface area (Å²) in [6.07, 6.45) is 6.21. The highest BCUT2D eigenvalue weighted by molar-refractivity contribution is 14.1. The quantitative estimate of drug-likeness (QED) is 0.490. The highest BCUT2D eigenvalue weighted by Crippen LogP contribution is 2.37. The lowest BCUT2D eigenvalue weighted by molar-refractivity contribution is 0.0286. The van der Waals surface area contributed by atoms with E-state index >= 15 is 0 Å². The number of nitrogens with zero attached hydrogens (tertiary/aromatic N) is 2. The van der Waals surface area contributed by atoms with Gasteiger partial charge in [0.2, 0.25) is 0 Å². The molecule has 1 fully saturated rings. The van der Waals surface area contributed by atoms with Crippen LogP contribution in [0, 0.1) is 9.49 Å². The van der Waals surface area contributed by atoms with E-state index in [1.54, 1.807) is 7.11 Å². The molecule has 0 spiro atoms. The van der Waals surface area contributed by atoms with Gasteiger partial charge in [0.15, 0.2) is 5.82 Å². The van der Waals surface area contributed by atoms with Crippen LogP contribution in [0.5, 0.6) is 0 Å². The lowest BCUT2D eigenvalue weighted by atomic mass is 9.84. The maximum atomic E-state index is 6.35. The normalized spacial score (nSPS) is 18.8. The summed E-state index contributed by atoms with van der Waals surface area (Å²) in [6.45, 7) is 6.46. The highest BCUT2D eigenvalue weighted by atomic mass is 127. The summed E-state index contributed by atoms with van der Waals surface area (Å²) in [5.41, 5.74) is 0.957. The molecule has 1 aromatic heterocycles. The van der Waals surface area contributed by atoms with E-state index in [2.05, 4.69) is 48.3 Å². The van der Waals surface area contributed by atoms with Crippen LogP contribution in [-0.2, 0) is 10.2 Å². The summed E-state index contributed by atoms with van der Waals surface area (Å²) in [4.78, 5) is 9.34. The molecule has 1 heterocycles. The molecule has 0 N–H and O–H groups in total. The van der Waals surface area contributed by atoms with Gasteiger partial charge >= 0.3 is 0 Å². The number of ether oxygens (including phenoxy) is 1. The maximum absolute atomic E-state index is 6.35. The Balaban J connectivity index is 2.39. The second kappa shape index (κ2) is 7.09. The molecule has 0 amide bonds. The van der Waals surface area contributed by atoms with Crippen molar-refractivity contribution in [3.63, 3.8) is 0 Å². The third-order valence-electron chi connectivity index (χ3n) is 4.12. The number of halogens is 2. The molecule has 0 radical (unpaired) electrons. The van der Waals surface area contributed by atoms with E-state index in [0.717, 1.165) is 15.1 Å². The zero-order chi connectivity index (χ0) is 15.6. The molecular weight excluding hydrogens is 399 g/mol. The number of hydrogen-bond donors (Lipinski definition) is 0. The average molecular weight is 423 g/mol. The van der Waals surface area contributed by atoms with Crippen molar-refractivity contribution in [3.05, 3.63) is 20.2 Å². The molecule has 5 heteroatoms. The van der Waals surface area contributed by atoms with Crippen molar-refractivity contribution in [1.82, 2.24) is 9.97 Å². The van der Waals surface area contributed by atoms with Crippen molar-refractivity contribution in [2.24, 2.45) is 5.92 Å². The lowest BCUT2D eigenvalue weighted by Gasteiger charge is -2.29. The molecule has 3 nitrogen and oxygen atoms in total. The topological polar surface area (TPSA) is 35.0 Å². The third-order valence-corrected chi connectivity index (χ3v) is 5.74. The first-order valence-electron chi connectivity index (χ1n) is 7.60. The summed E-state index contributed by atoms with van der Waals surface area (Å²) >= 11 is 8.59. The van der Waals surface area contributed by atoms with E-state index in [1.807, 2.05) is 0 Å². The van der Waals surface area contributed by atoms with Crippen LogP contribution in [-0.4, -0.2) is 17.1 Å². The monoisotopic (exact) mass is 422 g/mol. The Morgan fingerprint density at radius 1 is 1.19 bits per heavy atom. The fraction of sp³-hybridized carbons (Fsp3) is 0.750. The van der Waals surface area contributed by atoms with Crippen molar-refractivity contribution in [2.45, 2.75) is 64.4 Å². The van der Waals surface area contributed by atoms with Crippen LogP contribution in [0.15, 0.2) is 0 Å². The minimum Gasteiger partial charge on any atom is -0.373 e. The van der Waals surface area contributed by atoms with Gasteiger partial charge in [-0.15, -0.1) is 0 Å². The van der Waals surface area contributed by atoms with E-state index in [0.29, 0.717) is 11.1 Å². The molecular formula is C16H24ClIN2O. The van der Waals surface area contributed by atoms with Gasteiger partial charge in [0.1, 0.15) is 11.3 Å². The Bertz CT molecular complexity index is 496. The minimum absolute atomic E-state index is 0.0408. The molecule has 21 heavy (non-hydrogen) atoms. The second-order valence-corrected chi connectivity index (χ2v) is 8.28. The average Bonchev–Trinajstić information content (AvgIpc) is 2.43. The van der Waals surface area contributed by atoms with Gasteiger partial charge in [0.05, 0.1) is 9.26 Å². The standard InChI is InChI=1S/C16H24ClIN2O/c1-16(2,3)13-11(18)14(17)20-15(19-13)12(21-4)10-8-6-5-7-9-10/h10,12H,5-9H2,1-4H3. The predicted octanol–water partition coefficient (Wildman–Crippen LogP) is 5.30. The predicted molar refractivity (Wildman–Crippen MR) is 94.8 cm³/mol. The highest BCUT2D eigenvalue weighted by Gasteiger charge is 2.30. The first-order valence-corrected chi connectivity index (χ1v) is 9.06. The second-order valence-electron chi connectivity index (χ2n) is 6.84. The van der Waals surface area contributed by atoms with E-state index in [4.69, 9.17) is 21.3 Å². The van der Waals surface area contributed by atoms with Crippen LogP contribution in [0.25, 0.3) is 0 Å². The number of rotatable bonds is 3. The summed E-state index contributed by atoms with van der Waals surface area (Å²) in [5.74, 6) is 1.26. The van der Waals surface area contributed by atoms with Crippen LogP contribution >= 0.6 is 34.2 Å². The summed E-state index contributed by atoms with van der Waals surface area (Å²) < 4.78 is 6.70. The Kier molecular flexibility index (Phi) is 5.88. The largest absolute Gasteiger partial charge is 0.373 e. The van der Waals surface area contributed by atoms with Gasteiger partial charge in [-0.3, -0.25) is 0 Å². The van der Waals surface area contributed by atoms with Crippen molar-refractivity contribution >= 4 is 34.2 Å². The van der Waals surface area contributed by atoms with Gasteiger partial charge < -0.3 is 4.74 Å². The van der Waals surface area contributed by atoms with Crippen molar-refractivity contribution in [1.29, 1.82) is 0 Å². The molecule has 118 valence electrons. The SMILES string of the molecule is COC(c1nc(Cl)c(I)c(C(C)(C)C)n1)C1CCCCC1. The van der Waals surface area contributed by atoms with Gasteiger partial charge in [-0.05, 0) is 41.4 Å². The van der Waals surface area contributed by atoms with E-state index in [9.17, 15) is 0 Å². The summed E-state index contributed by atoms with van der Waals surface area (Å²) in [7, 11) is 1.76. The Labute approximate surface area is 146 Å². The van der Waals surface area contributed by atoms with E-state index in [1.165, 1.54) is 32.1 Å². The first-order chi connectivity index (χ1) is 9.84. The fourth-order valence-electron chi connectivity index (χ4n) is 3.01. The van der Waals surface area contributed by atoms with Crippen molar-refractivity contribution in [3.8, 4) is 0 Å². The van der Waals surface area contributed by atoms with Gasteiger partial charge in [-0.25, -0.2) is 9.97 Å². The molecule has 0 aliphatic heterocycles. The van der Waals surface area contributed by atoms with Crippen molar-refractivity contribution in [2.75, 3.05) is 7.11 Å². The van der Waals surface area contributed by atoms with Gasteiger partial charge in [-0.1, -0.05) is 51.6 Å². The van der Waals surface area contributed by atoms with Crippen molar-refractivity contribution < 1.29 is 4.74 Å². The third kappa shape index (κ3) is 4.08.